The van der Waals surface area contributed by atoms with Crippen molar-refractivity contribution >= 4 is 17.2 Å². The zero-order chi connectivity index (χ0) is 16.4. The fraction of sp³-hybridized carbons (Fsp3) is 0.333. The molecule has 8 heteroatoms. The van der Waals surface area contributed by atoms with Crippen LogP contribution >= 0.6 is 11.3 Å². The number of halogens is 3. The van der Waals surface area contributed by atoms with Crippen LogP contribution in [0.1, 0.15) is 22.0 Å². The molecule has 2 aromatic rings. The third-order valence-electron chi connectivity index (χ3n) is 3.71. The van der Waals surface area contributed by atoms with Crippen molar-refractivity contribution in [1.82, 2.24) is 15.2 Å². The van der Waals surface area contributed by atoms with Crippen molar-refractivity contribution in [2.75, 3.05) is 13.1 Å². The monoisotopic (exact) mass is 341 g/mol. The van der Waals surface area contributed by atoms with E-state index in [0.717, 1.165) is 10.9 Å². The van der Waals surface area contributed by atoms with E-state index in [2.05, 4.69) is 10.3 Å². The van der Waals surface area contributed by atoms with Gasteiger partial charge in [-0.3, -0.25) is 14.7 Å². The lowest BCUT2D eigenvalue weighted by atomic mass is 9.96. The van der Waals surface area contributed by atoms with Crippen LogP contribution in [-0.4, -0.2) is 28.9 Å². The number of rotatable bonds is 3. The molecular formula is C15H14F3N3OS. The summed E-state index contributed by atoms with van der Waals surface area (Å²) < 4.78 is 39.8. The van der Waals surface area contributed by atoms with Crippen molar-refractivity contribution < 1.29 is 18.0 Å². The molecule has 0 aliphatic carbocycles. The van der Waals surface area contributed by atoms with E-state index >= 15 is 0 Å². The van der Waals surface area contributed by atoms with Crippen molar-refractivity contribution in [2.45, 2.75) is 18.8 Å². The largest absolute Gasteiger partial charge is 0.416 e. The minimum absolute atomic E-state index is 0.0123. The van der Waals surface area contributed by atoms with Crippen LogP contribution in [0.25, 0.3) is 0 Å². The minimum Gasteiger partial charge on any atom is -0.353 e. The van der Waals surface area contributed by atoms with E-state index < -0.39 is 23.7 Å². The Morgan fingerprint density at radius 1 is 1.35 bits per heavy atom. The smallest absolute Gasteiger partial charge is 0.353 e. The van der Waals surface area contributed by atoms with Gasteiger partial charge in [0.25, 0.3) is 0 Å². The predicted molar refractivity (Wildman–Crippen MR) is 79.7 cm³/mol. The molecule has 3 rings (SSSR count). The Balaban J connectivity index is 1.98. The normalized spacial score (nSPS) is 19.6. The number of thiazole rings is 1. The Bertz CT molecular complexity index is 688. The molecule has 2 heterocycles. The van der Waals surface area contributed by atoms with Gasteiger partial charge in [0, 0.05) is 30.7 Å². The molecule has 1 aromatic carbocycles. The summed E-state index contributed by atoms with van der Waals surface area (Å²) in [5, 5.41) is 2.66. The molecule has 1 fully saturated rings. The number of piperazine rings is 1. The Kier molecular flexibility index (Phi) is 4.36. The number of nitrogens with one attached hydrogen (secondary N) is 1. The summed E-state index contributed by atoms with van der Waals surface area (Å²) in [4.78, 5) is 18.9. The molecule has 1 saturated heterocycles. The Hall–Kier alpha value is -1.93. The molecule has 1 atom stereocenters. The van der Waals surface area contributed by atoms with Crippen LogP contribution in [0.15, 0.2) is 36.0 Å². The number of amides is 1. The fourth-order valence-corrected chi connectivity index (χ4v) is 3.36. The lowest BCUT2D eigenvalue weighted by Gasteiger charge is -2.35. The average molecular weight is 341 g/mol. The first-order chi connectivity index (χ1) is 11.0. The molecule has 0 radical (unpaired) electrons. The van der Waals surface area contributed by atoms with E-state index in [1.165, 1.54) is 29.5 Å². The highest BCUT2D eigenvalue weighted by molar-refractivity contribution is 7.09. The summed E-state index contributed by atoms with van der Waals surface area (Å²) in [6.07, 6.45) is -2.83. The van der Waals surface area contributed by atoms with E-state index in [0.29, 0.717) is 19.6 Å². The van der Waals surface area contributed by atoms with Gasteiger partial charge in [-0.1, -0.05) is 18.2 Å². The predicted octanol–water partition coefficient (Wildman–Crippen LogP) is 2.84. The summed E-state index contributed by atoms with van der Waals surface area (Å²) in [6.45, 7) is 1.30. The molecule has 4 nitrogen and oxygen atoms in total. The van der Waals surface area contributed by atoms with Gasteiger partial charge in [0.15, 0.2) is 0 Å². The average Bonchev–Trinajstić information content (AvgIpc) is 3.00. The summed E-state index contributed by atoms with van der Waals surface area (Å²) in [5.41, 5.74) is 0.885. The Morgan fingerprint density at radius 3 is 2.83 bits per heavy atom. The molecule has 1 unspecified atom stereocenters. The number of alkyl halides is 3. The lowest BCUT2D eigenvalue weighted by molar-refractivity contribution is -0.140. The van der Waals surface area contributed by atoms with Crippen molar-refractivity contribution in [3.8, 4) is 0 Å². The van der Waals surface area contributed by atoms with Crippen LogP contribution in [0.5, 0.6) is 0 Å². The van der Waals surface area contributed by atoms with Crippen molar-refractivity contribution in [3.05, 3.63) is 52.0 Å². The SMILES string of the molecule is O=C1NCCN(Cc2cncs2)C1c1ccccc1C(F)(F)F. The number of carbonyl (C=O) groups excluding carboxylic acids is 1. The van der Waals surface area contributed by atoms with Gasteiger partial charge in [0.2, 0.25) is 5.91 Å². The fourth-order valence-electron chi connectivity index (χ4n) is 2.74. The zero-order valence-corrected chi connectivity index (χ0v) is 12.8. The van der Waals surface area contributed by atoms with Crippen molar-refractivity contribution in [2.24, 2.45) is 0 Å². The van der Waals surface area contributed by atoms with Crippen LogP contribution in [0.4, 0.5) is 13.2 Å². The highest BCUT2D eigenvalue weighted by atomic mass is 32.1. The highest BCUT2D eigenvalue weighted by Crippen LogP contribution is 2.37. The van der Waals surface area contributed by atoms with Crippen LogP contribution < -0.4 is 5.32 Å². The van der Waals surface area contributed by atoms with E-state index in [4.69, 9.17) is 0 Å². The van der Waals surface area contributed by atoms with Gasteiger partial charge >= 0.3 is 6.18 Å². The number of hydrogen-bond acceptors (Lipinski definition) is 4. The highest BCUT2D eigenvalue weighted by Gasteiger charge is 2.40. The topological polar surface area (TPSA) is 45.2 Å². The molecule has 1 N–H and O–H groups in total. The second-order valence-corrected chi connectivity index (χ2v) is 6.19. The summed E-state index contributed by atoms with van der Waals surface area (Å²) in [6, 6.07) is 4.29. The standard InChI is InChI=1S/C15H14F3N3OS/c16-15(17,18)12-4-2-1-3-11(12)13-14(22)20-5-6-21(13)8-10-7-19-9-23-10/h1-4,7,9,13H,5-6,8H2,(H,20,22). The van der Waals surface area contributed by atoms with E-state index in [1.807, 2.05) is 0 Å². The lowest BCUT2D eigenvalue weighted by Crippen LogP contribution is -2.49. The second-order valence-electron chi connectivity index (χ2n) is 5.22. The third-order valence-corrected chi connectivity index (χ3v) is 4.48. The zero-order valence-electron chi connectivity index (χ0n) is 12.0. The molecule has 1 amide bonds. The summed E-state index contributed by atoms with van der Waals surface area (Å²) in [7, 11) is 0. The van der Waals surface area contributed by atoms with Crippen molar-refractivity contribution in [3.63, 3.8) is 0 Å². The molecule has 23 heavy (non-hydrogen) atoms. The Morgan fingerprint density at radius 2 is 2.13 bits per heavy atom. The van der Waals surface area contributed by atoms with E-state index in [1.54, 1.807) is 16.6 Å². The number of carbonyl (C=O) groups is 1. The maximum Gasteiger partial charge on any atom is 0.416 e. The molecule has 1 aliphatic rings. The van der Waals surface area contributed by atoms with Crippen LogP contribution in [0, 0.1) is 0 Å². The number of nitrogens with zero attached hydrogens (tertiary/aromatic N) is 2. The summed E-state index contributed by atoms with van der Waals surface area (Å²) in [5.74, 6) is -0.405. The third kappa shape index (κ3) is 3.37. The second kappa shape index (κ2) is 6.29. The maximum absolute atomic E-state index is 13.3. The van der Waals surface area contributed by atoms with Gasteiger partial charge in [-0.15, -0.1) is 11.3 Å². The maximum atomic E-state index is 13.3. The number of hydrogen-bond donors (Lipinski definition) is 1. The molecule has 0 saturated carbocycles. The van der Waals surface area contributed by atoms with Gasteiger partial charge in [0.05, 0.1) is 11.1 Å². The first-order valence-electron chi connectivity index (χ1n) is 7.02. The quantitative estimate of drug-likeness (QED) is 0.934. The van der Waals surface area contributed by atoms with Crippen LogP contribution in [0.3, 0.4) is 0 Å². The molecular weight excluding hydrogens is 327 g/mol. The number of benzene rings is 1. The Labute approximate surface area is 135 Å². The molecule has 122 valence electrons. The van der Waals surface area contributed by atoms with Gasteiger partial charge < -0.3 is 5.32 Å². The van der Waals surface area contributed by atoms with Crippen molar-refractivity contribution in [1.29, 1.82) is 0 Å². The van der Waals surface area contributed by atoms with E-state index in [9.17, 15) is 18.0 Å². The molecule has 1 aromatic heterocycles. The number of aromatic nitrogens is 1. The van der Waals surface area contributed by atoms with Gasteiger partial charge in [-0.25, -0.2) is 0 Å². The van der Waals surface area contributed by atoms with Gasteiger partial charge in [-0.2, -0.15) is 13.2 Å². The first-order valence-corrected chi connectivity index (χ1v) is 7.90. The van der Waals surface area contributed by atoms with Gasteiger partial charge in [0.1, 0.15) is 6.04 Å². The van der Waals surface area contributed by atoms with Gasteiger partial charge in [-0.05, 0) is 11.6 Å². The molecule has 0 bridgehead atoms. The molecule has 1 aliphatic heterocycles. The van der Waals surface area contributed by atoms with E-state index in [-0.39, 0.29) is 5.56 Å². The van der Waals surface area contributed by atoms with Crippen LogP contribution in [-0.2, 0) is 17.5 Å². The van der Waals surface area contributed by atoms with Crippen LogP contribution in [0.2, 0.25) is 0 Å². The molecule has 0 spiro atoms. The first kappa shape index (κ1) is 15.9. The minimum atomic E-state index is -4.50. The summed E-state index contributed by atoms with van der Waals surface area (Å²) >= 11 is 1.42.